The zero-order chi connectivity index (χ0) is 16.9. The van der Waals surface area contributed by atoms with Gasteiger partial charge in [0.2, 0.25) is 10.0 Å². The Labute approximate surface area is 135 Å². The third-order valence-corrected chi connectivity index (χ3v) is 4.76. The molecular weight excluding hydrogens is 321 g/mol. The summed E-state index contributed by atoms with van der Waals surface area (Å²) in [6, 6.07) is 10.7. The van der Waals surface area contributed by atoms with Gasteiger partial charge in [0, 0.05) is 6.54 Å². The Morgan fingerprint density at radius 1 is 1.04 bits per heavy atom. The molecule has 2 rings (SSSR count). The van der Waals surface area contributed by atoms with E-state index in [0.717, 1.165) is 23.4 Å². The fourth-order valence-corrected chi connectivity index (χ4v) is 3.27. The maximum absolute atomic E-state index is 13.3. The van der Waals surface area contributed by atoms with Crippen LogP contribution < -0.4 is 14.2 Å². The molecule has 0 amide bonds. The van der Waals surface area contributed by atoms with E-state index in [1.165, 1.54) is 13.2 Å². The zero-order valence-corrected chi connectivity index (χ0v) is 13.7. The summed E-state index contributed by atoms with van der Waals surface area (Å²) in [6.45, 7) is 0.189. The maximum Gasteiger partial charge on any atom is 0.244 e. The van der Waals surface area contributed by atoms with E-state index in [9.17, 15) is 12.8 Å². The number of methoxy groups -OCH3 is 2. The smallest absolute Gasteiger partial charge is 0.244 e. The number of sulfonamides is 1. The van der Waals surface area contributed by atoms with E-state index in [2.05, 4.69) is 4.72 Å². The second-order valence-electron chi connectivity index (χ2n) is 4.79. The molecule has 2 aromatic rings. The van der Waals surface area contributed by atoms with Gasteiger partial charge in [0.1, 0.15) is 22.2 Å². The predicted molar refractivity (Wildman–Crippen MR) is 84.8 cm³/mol. The average molecular weight is 339 g/mol. The van der Waals surface area contributed by atoms with Gasteiger partial charge in [-0.25, -0.2) is 17.5 Å². The Kier molecular flexibility index (Phi) is 5.57. The number of benzene rings is 2. The monoisotopic (exact) mass is 339 g/mol. The van der Waals surface area contributed by atoms with Crippen LogP contribution in [0.5, 0.6) is 11.5 Å². The van der Waals surface area contributed by atoms with E-state index in [4.69, 9.17) is 9.47 Å². The molecule has 0 saturated heterocycles. The molecule has 5 nitrogen and oxygen atoms in total. The first kappa shape index (κ1) is 17.2. The fourth-order valence-electron chi connectivity index (χ4n) is 2.06. The van der Waals surface area contributed by atoms with Gasteiger partial charge >= 0.3 is 0 Å². The van der Waals surface area contributed by atoms with Gasteiger partial charge in [0.05, 0.1) is 14.2 Å². The predicted octanol–water partition coefficient (Wildman–Crippen LogP) is 2.36. The summed E-state index contributed by atoms with van der Waals surface area (Å²) in [6.07, 6.45) is 0.501. The van der Waals surface area contributed by atoms with Gasteiger partial charge in [-0.3, -0.25) is 0 Å². The van der Waals surface area contributed by atoms with Crippen molar-refractivity contribution in [2.45, 2.75) is 11.3 Å². The lowest BCUT2D eigenvalue weighted by molar-refractivity contribution is 0.400. The normalized spacial score (nSPS) is 11.3. The molecule has 0 saturated carbocycles. The van der Waals surface area contributed by atoms with Crippen molar-refractivity contribution in [3.63, 3.8) is 0 Å². The SMILES string of the molecule is COc1ccc(CCNS(=O)(=O)c2cc(F)ccc2OC)cc1. The lowest BCUT2D eigenvalue weighted by atomic mass is 10.1. The average Bonchev–Trinajstić information content (AvgIpc) is 2.55. The van der Waals surface area contributed by atoms with E-state index in [-0.39, 0.29) is 17.2 Å². The molecule has 0 aliphatic rings. The zero-order valence-electron chi connectivity index (χ0n) is 12.9. The van der Waals surface area contributed by atoms with Crippen LogP contribution in [0.25, 0.3) is 0 Å². The summed E-state index contributed by atoms with van der Waals surface area (Å²) < 4.78 is 50.4. The number of hydrogen-bond donors (Lipinski definition) is 1. The Balaban J connectivity index is 2.05. The number of nitrogens with one attached hydrogen (secondary N) is 1. The van der Waals surface area contributed by atoms with Gasteiger partial charge < -0.3 is 9.47 Å². The second kappa shape index (κ2) is 7.43. The maximum atomic E-state index is 13.3. The van der Waals surface area contributed by atoms with Crippen LogP contribution >= 0.6 is 0 Å². The Morgan fingerprint density at radius 2 is 1.74 bits per heavy atom. The quantitative estimate of drug-likeness (QED) is 0.841. The van der Waals surface area contributed by atoms with Crippen LogP contribution in [-0.4, -0.2) is 29.2 Å². The van der Waals surface area contributed by atoms with Crippen molar-refractivity contribution < 1.29 is 22.3 Å². The van der Waals surface area contributed by atoms with Crippen LogP contribution in [0.3, 0.4) is 0 Å². The van der Waals surface area contributed by atoms with Gasteiger partial charge in [-0.05, 0) is 42.3 Å². The molecule has 0 bridgehead atoms. The Morgan fingerprint density at radius 3 is 2.35 bits per heavy atom. The lowest BCUT2D eigenvalue weighted by Crippen LogP contribution is -2.26. The van der Waals surface area contributed by atoms with Gasteiger partial charge in [-0.2, -0.15) is 0 Å². The first-order chi connectivity index (χ1) is 11.0. The molecule has 0 spiro atoms. The molecule has 23 heavy (non-hydrogen) atoms. The highest BCUT2D eigenvalue weighted by atomic mass is 32.2. The summed E-state index contributed by atoms with van der Waals surface area (Å²) >= 11 is 0. The van der Waals surface area contributed by atoms with Crippen LogP contribution in [-0.2, 0) is 16.4 Å². The van der Waals surface area contributed by atoms with Crippen molar-refractivity contribution in [2.24, 2.45) is 0 Å². The molecule has 0 aromatic heterocycles. The highest BCUT2D eigenvalue weighted by Crippen LogP contribution is 2.24. The summed E-state index contributed by atoms with van der Waals surface area (Å²) in [4.78, 5) is -0.213. The van der Waals surface area contributed by atoms with Crippen LogP contribution in [0.2, 0.25) is 0 Å². The minimum atomic E-state index is -3.85. The minimum Gasteiger partial charge on any atom is -0.497 e. The molecule has 0 atom stereocenters. The summed E-state index contributed by atoms with van der Waals surface area (Å²) in [5.41, 5.74) is 0.958. The molecule has 0 unspecified atom stereocenters. The molecule has 0 aliphatic carbocycles. The first-order valence-electron chi connectivity index (χ1n) is 6.92. The summed E-state index contributed by atoms with van der Waals surface area (Å²) in [5, 5.41) is 0. The number of hydrogen-bond acceptors (Lipinski definition) is 4. The van der Waals surface area contributed by atoms with Crippen molar-refractivity contribution in [3.05, 3.63) is 53.8 Å². The van der Waals surface area contributed by atoms with Crippen molar-refractivity contribution in [1.29, 1.82) is 0 Å². The molecule has 124 valence electrons. The van der Waals surface area contributed by atoms with Gasteiger partial charge in [-0.1, -0.05) is 12.1 Å². The van der Waals surface area contributed by atoms with Crippen LogP contribution in [0.1, 0.15) is 5.56 Å². The standard InChI is InChI=1S/C16H18FNO4S/c1-21-14-6-3-12(4-7-14)9-10-18-23(19,20)16-11-13(17)5-8-15(16)22-2/h3-8,11,18H,9-10H2,1-2H3. The molecule has 0 fully saturated rings. The molecule has 1 N–H and O–H groups in total. The fraction of sp³-hybridized carbons (Fsp3) is 0.250. The molecule has 0 radical (unpaired) electrons. The van der Waals surface area contributed by atoms with Crippen LogP contribution in [0.4, 0.5) is 4.39 Å². The summed E-state index contributed by atoms with van der Waals surface area (Å²) in [7, 11) is -0.932. The topological polar surface area (TPSA) is 64.6 Å². The Hall–Kier alpha value is -2.12. The molecular formula is C16H18FNO4S. The van der Waals surface area contributed by atoms with Crippen LogP contribution in [0, 0.1) is 5.82 Å². The third kappa shape index (κ3) is 4.43. The van der Waals surface area contributed by atoms with Crippen molar-refractivity contribution in [1.82, 2.24) is 4.72 Å². The highest BCUT2D eigenvalue weighted by Gasteiger charge is 2.19. The molecule has 0 heterocycles. The van der Waals surface area contributed by atoms with Gasteiger partial charge in [0.15, 0.2) is 0 Å². The number of halogens is 1. The van der Waals surface area contributed by atoms with E-state index >= 15 is 0 Å². The highest BCUT2D eigenvalue weighted by molar-refractivity contribution is 7.89. The van der Waals surface area contributed by atoms with Crippen molar-refractivity contribution in [3.8, 4) is 11.5 Å². The van der Waals surface area contributed by atoms with E-state index in [0.29, 0.717) is 6.42 Å². The summed E-state index contributed by atoms with van der Waals surface area (Å²) in [5.74, 6) is 0.198. The number of rotatable bonds is 7. The molecule has 0 aliphatic heterocycles. The van der Waals surface area contributed by atoms with E-state index < -0.39 is 15.8 Å². The third-order valence-electron chi connectivity index (χ3n) is 3.28. The molecule has 2 aromatic carbocycles. The van der Waals surface area contributed by atoms with Crippen molar-refractivity contribution >= 4 is 10.0 Å². The van der Waals surface area contributed by atoms with Crippen molar-refractivity contribution in [2.75, 3.05) is 20.8 Å². The molecule has 7 heteroatoms. The van der Waals surface area contributed by atoms with Gasteiger partial charge in [-0.15, -0.1) is 0 Å². The van der Waals surface area contributed by atoms with E-state index in [1.54, 1.807) is 19.2 Å². The lowest BCUT2D eigenvalue weighted by Gasteiger charge is -2.11. The van der Waals surface area contributed by atoms with Crippen LogP contribution in [0.15, 0.2) is 47.4 Å². The number of ether oxygens (including phenoxy) is 2. The first-order valence-corrected chi connectivity index (χ1v) is 8.40. The van der Waals surface area contributed by atoms with E-state index in [1.807, 2.05) is 12.1 Å². The largest absolute Gasteiger partial charge is 0.497 e. The Bertz CT molecular complexity index is 760. The van der Waals surface area contributed by atoms with Gasteiger partial charge in [0.25, 0.3) is 0 Å². The minimum absolute atomic E-state index is 0.100. The second-order valence-corrected chi connectivity index (χ2v) is 6.53.